The van der Waals surface area contributed by atoms with Gasteiger partial charge in [-0.3, -0.25) is 0 Å². The Kier molecular flexibility index (Phi) is 9.73. The number of thiophene rings is 1. The van der Waals surface area contributed by atoms with Crippen LogP contribution in [0.4, 0.5) is 10.7 Å². The molecule has 0 bridgehead atoms. The summed E-state index contributed by atoms with van der Waals surface area (Å²) in [6, 6.07) is 13.4. The van der Waals surface area contributed by atoms with Gasteiger partial charge in [-0.25, -0.2) is 4.99 Å². The van der Waals surface area contributed by atoms with Crippen LogP contribution in [0, 0.1) is 0 Å². The molecule has 2 aliphatic rings. The molecule has 2 aliphatic heterocycles. The van der Waals surface area contributed by atoms with E-state index < -0.39 is 0 Å². The summed E-state index contributed by atoms with van der Waals surface area (Å²) in [7, 11) is 0. The Morgan fingerprint density at radius 3 is 2.55 bits per heavy atom. The predicted molar refractivity (Wildman–Crippen MR) is 142 cm³/mol. The van der Waals surface area contributed by atoms with E-state index >= 15 is 0 Å². The van der Waals surface area contributed by atoms with E-state index in [-0.39, 0.29) is 24.0 Å². The zero-order valence-corrected chi connectivity index (χ0v) is 21.4. The number of halogens is 1. The molecule has 4 rings (SSSR count). The molecule has 2 N–H and O–H groups in total. The molecule has 0 unspecified atom stereocenters. The standard InChI is InChI=1S/C23H33N5OS.HI/c1-2-24-23(26-20-9-11-28(12-10-20)22-8-5-17-30-22)25-18-19-6-3-4-7-21(19)27-13-15-29-16-14-27;/h3-8,17,20H,2,9-16,18H2,1H3,(H2,24,25,26);1H. The van der Waals surface area contributed by atoms with Gasteiger partial charge in [0.25, 0.3) is 0 Å². The Bertz CT molecular complexity index is 802. The van der Waals surface area contributed by atoms with Crippen LogP contribution < -0.4 is 20.4 Å². The number of rotatable bonds is 6. The van der Waals surface area contributed by atoms with Crippen LogP contribution in [0.2, 0.25) is 0 Å². The highest BCUT2D eigenvalue weighted by Crippen LogP contribution is 2.25. The van der Waals surface area contributed by atoms with Gasteiger partial charge >= 0.3 is 0 Å². The minimum Gasteiger partial charge on any atom is -0.378 e. The van der Waals surface area contributed by atoms with E-state index in [0.29, 0.717) is 12.6 Å². The monoisotopic (exact) mass is 555 g/mol. The molecule has 1 aromatic carbocycles. The molecule has 31 heavy (non-hydrogen) atoms. The molecule has 3 heterocycles. The first-order valence-electron chi connectivity index (χ1n) is 11.1. The molecule has 6 nitrogen and oxygen atoms in total. The van der Waals surface area contributed by atoms with E-state index in [2.05, 4.69) is 69.1 Å². The van der Waals surface area contributed by atoms with Gasteiger partial charge in [0, 0.05) is 44.5 Å². The van der Waals surface area contributed by atoms with Crippen molar-refractivity contribution in [3.63, 3.8) is 0 Å². The predicted octanol–water partition coefficient (Wildman–Crippen LogP) is 3.93. The van der Waals surface area contributed by atoms with Crippen LogP contribution in [0.5, 0.6) is 0 Å². The lowest BCUT2D eigenvalue weighted by Crippen LogP contribution is -2.48. The maximum Gasteiger partial charge on any atom is 0.191 e. The van der Waals surface area contributed by atoms with Crippen LogP contribution in [0.1, 0.15) is 25.3 Å². The summed E-state index contributed by atoms with van der Waals surface area (Å²) in [6.07, 6.45) is 2.26. The second-order valence-corrected chi connectivity index (χ2v) is 8.71. The molecule has 0 amide bonds. The van der Waals surface area contributed by atoms with Crippen LogP contribution in [0.25, 0.3) is 0 Å². The second-order valence-electron chi connectivity index (χ2n) is 7.78. The highest BCUT2D eigenvalue weighted by atomic mass is 127. The Morgan fingerprint density at radius 2 is 1.84 bits per heavy atom. The first-order valence-corrected chi connectivity index (χ1v) is 12.0. The van der Waals surface area contributed by atoms with Crippen molar-refractivity contribution in [1.82, 2.24) is 10.6 Å². The molecule has 2 fully saturated rings. The van der Waals surface area contributed by atoms with Gasteiger partial charge in [0.2, 0.25) is 0 Å². The maximum atomic E-state index is 5.51. The lowest BCUT2D eigenvalue weighted by Gasteiger charge is -2.33. The molecule has 170 valence electrons. The lowest BCUT2D eigenvalue weighted by molar-refractivity contribution is 0.122. The number of ether oxygens (including phenoxy) is 1. The fraction of sp³-hybridized carbons (Fsp3) is 0.522. The third kappa shape index (κ3) is 6.73. The summed E-state index contributed by atoms with van der Waals surface area (Å²) in [5, 5.41) is 10.6. The molecule has 2 aromatic rings. The van der Waals surface area contributed by atoms with Crippen molar-refractivity contribution in [2.24, 2.45) is 4.99 Å². The van der Waals surface area contributed by atoms with Crippen molar-refractivity contribution < 1.29 is 4.74 Å². The summed E-state index contributed by atoms with van der Waals surface area (Å²) in [4.78, 5) is 9.83. The van der Waals surface area contributed by atoms with Crippen LogP contribution >= 0.6 is 35.3 Å². The van der Waals surface area contributed by atoms with Crippen molar-refractivity contribution in [3.05, 3.63) is 47.3 Å². The summed E-state index contributed by atoms with van der Waals surface area (Å²) in [6.45, 7) is 9.34. The highest BCUT2D eigenvalue weighted by molar-refractivity contribution is 14.0. The van der Waals surface area contributed by atoms with Gasteiger partial charge in [0.1, 0.15) is 0 Å². The number of nitrogens with one attached hydrogen (secondary N) is 2. The summed E-state index contributed by atoms with van der Waals surface area (Å²) < 4.78 is 5.51. The van der Waals surface area contributed by atoms with Gasteiger partial charge < -0.3 is 25.2 Å². The smallest absolute Gasteiger partial charge is 0.191 e. The fourth-order valence-corrected chi connectivity index (χ4v) is 4.91. The van der Waals surface area contributed by atoms with E-state index in [1.165, 1.54) is 16.3 Å². The molecule has 2 saturated heterocycles. The molecule has 0 aliphatic carbocycles. The van der Waals surface area contributed by atoms with E-state index in [1.54, 1.807) is 0 Å². The number of guanidine groups is 1. The van der Waals surface area contributed by atoms with E-state index in [1.807, 2.05) is 11.3 Å². The quantitative estimate of drug-likeness (QED) is 0.322. The van der Waals surface area contributed by atoms with Crippen molar-refractivity contribution in [2.75, 3.05) is 55.7 Å². The molecule has 0 radical (unpaired) electrons. The Labute approximate surface area is 207 Å². The van der Waals surface area contributed by atoms with Gasteiger partial charge in [0.05, 0.1) is 24.8 Å². The molecule has 8 heteroatoms. The number of benzene rings is 1. The first kappa shape index (κ1) is 24.1. The summed E-state index contributed by atoms with van der Waals surface area (Å²) in [5.41, 5.74) is 2.55. The first-order chi connectivity index (χ1) is 14.8. The minimum absolute atomic E-state index is 0. The summed E-state index contributed by atoms with van der Waals surface area (Å²) >= 11 is 1.83. The van der Waals surface area contributed by atoms with Gasteiger partial charge in [-0.15, -0.1) is 35.3 Å². The van der Waals surface area contributed by atoms with Crippen molar-refractivity contribution in [2.45, 2.75) is 32.4 Å². The van der Waals surface area contributed by atoms with Crippen LogP contribution in [0.15, 0.2) is 46.8 Å². The average molecular weight is 556 g/mol. The van der Waals surface area contributed by atoms with Crippen LogP contribution in [-0.4, -0.2) is 57.9 Å². The van der Waals surface area contributed by atoms with E-state index in [0.717, 1.165) is 64.7 Å². The molecular formula is C23H34IN5OS. The normalized spacial score (nSPS) is 17.9. The van der Waals surface area contributed by atoms with Crippen molar-refractivity contribution >= 4 is 52.0 Å². The van der Waals surface area contributed by atoms with Crippen LogP contribution in [-0.2, 0) is 11.3 Å². The number of para-hydroxylation sites is 1. The van der Waals surface area contributed by atoms with Gasteiger partial charge in [-0.05, 0) is 48.9 Å². The Balaban J connectivity index is 0.00000272. The fourth-order valence-electron chi connectivity index (χ4n) is 4.13. The van der Waals surface area contributed by atoms with Crippen molar-refractivity contribution in [3.8, 4) is 0 Å². The molecular weight excluding hydrogens is 521 g/mol. The largest absolute Gasteiger partial charge is 0.378 e. The third-order valence-electron chi connectivity index (χ3n) is 5.75. The van der Waals surface area contributed by atoms with E-state index in [4.69, 9.17) is 9.73 Å². The third-order valence-corrected chi connectivity index (χ3v) is 6.68. The van der Waals surface area contributed by atoms with E-state index in [9.17, 15) is 0 Å². The number of hydrogen-bond acceptors (Lipinski definition) is 5. The molecule has 0 saturated carbocycles. The average Bonchev–Trinajstić information content (AvgIpc) is 3.34. The molecule has 1 aromatic heterocycles. The highest BCUT2D eigenvalue weighted by Gasteiger charge is 2.21. The van der Waals surface area contributed by atoms with Crippen molar-refractivity contribution in [1.29, 1.82) is 0 Å². The topological polar surface area (TPSA) is 52.1 Å². The zero-order valence-electron chi connectivity index (χ0n) is 18.3. The van der Waals surface area contributed by atoms with Crippen LogP contribution in [0.3, 0.4) is 0 Å². The number of piperidine rings is 1. The zero-order chi connectivity index (χ0) is 20.6. The number of anilines is 2. The number of morpholine rings is 1. The van der Waals surface area contributed by atoms with Gasteiger partial charge in [-0.1, -0.05) is 18.2 Å². The lowest BCUT2D eigenvalue weighted by atomic mass is 10.1. The minimum atomic E-state index is 0. The summed E-state index contributed by atoms with van der Waals surface area (Å²) in [5.74, 6) is 0.920. The molecule has 0 spiro atoms. The Morgan fingerprint density at radius 1 is 1.06 bits per heavy atom. The molecule has 0 atom stereocenters. The van der Waals surface area contributed by atoms with Gasteiger partial charge in [-0.2, -0.15) is 0 Å². The second kappa shape index (κ2) is 12.5. The number of hydrogen-bond donors (Lipinski definition) is 2. The van der Waals surface area contributed by atoms with Gasteiger partial charge in [0.15, 0.2) is 5.96 Å². The maximum absolute atomic E-state index is 5.51. The number of aliphatic imine (C=N–C) groups is 1. The SMILES string of the molecule is CCNC(=NCc1ccccc1N1CCOCC1)NC1CCN(c2cccs2)CC1.I. The number of nitrogens with zero attached hydrogens (tertiary/aromatic N) is 3. The Hall–Kier alpha value is -1.52.